The summed E-state index contributed by atoms with van der Waals surface area (Å²) in [6.07, 6.45) is 1.74. The Bertz CT molecular complexity index is 861. The number of nitrogens with zero attached hydrogens (tertiary/aromatic N) is 3. The second kappa shape index (κ2) is 7.03. The summed E-state index contributed by atoms with van der Waals surface area (Å²) in [5.74, 6) is -0.166. The van der Waals surface area contributed by atoms with Gasteiger partial charge >= 0.3 is 0 Å². The summed E-state index contributed by atoms with van der Waals surface area (Å²) in [6.45, 7) is 2.39. The molecule has 0 saturated heterocycles. The number of benzene rings is 1. The molecule has 3 aromatic rings. The molecule has 1 amide bonds. The topological polar surface area (TPSA) is 57.8 Å². The fraction of sp³-hybridized carbons (Fsp3) is 0.222. The molecule has 0 aliphatic heterocycles. The first-order valence-corrected chi connectivity index (χ1v) is 8.06. The molecule has 0 spiro atoms. The van der Waals surface area contributed by atoms with E-state index >= 15 is 0 Å². The van der Waals surface area contributed by atoms with E-state index in [9.17, 15) is 9.90 Å². The van der Waals surface area contributed by atoms with Crippen LogP contribution in [0.5, 0.6) is 0 Å². The van der Waals surface area contributed by atoms with Crippen LogP contribution in [0.3, 0.4) is 0 Å². The van der Waals surface area contributed by atoms with E-state index in [1.165, 1.54) is 0 Å². The zero-order valence-electron chi connectivity index (χ0n) is 13.3. The molecule has 0 fully saturated rings. The van der Waals surface area contributed by atoms with Crippen molar-refractivity contribution in [1.29, 1.82) is 0 Å². The molecule has 1 aromatic carbocycles. The number of hydrogen-bond donors (Lipinski definition) is 1. The number of fused-ring (bicyclic) bond motifs is 1. The van der Waals surface area contributed by atoms with E-state index in [2.05, 4.69) is 4.98 Å². The Morgan fingerprint density at radius 2 is 2.04 bits per heavy atom. The number of aryl methyl sites for hydroxylation is 1. The van der Waals surface area contributed by atoms with Crippen molar-refractivity contribution in [1.82, 2.24) is 14.3 Å². The number of imidazole rings is 1. The van der Waals surface area contributed by atoms with Crippen molar-refractivity contribution in [3.63, 3.8) is 0 Å². The van der Waals surface area contributed by atoms with Gasteiger partial charge in [0.25, 0.3) is 5.91 Å². The molecule has 2 heterocycles. The van der Waals surface area contributed by atoms with Crippen LogP contribution >= 0.6 is 11.6 Å². The summed E-state index contributed by atoms with van der Waals surface area (Å²) >= 11 is 6.00. The summed E-state index contributed by atoms with van der Waals surface area (Å²) in [6, 6.07) is 13.1. The van der Waals surface area contributed by atoms with Gasteiger partial charge in [-0.3, -0.25) is 9.20 Å². The molecular formula is C18H18ClN3O2. The number of carbonyl (C=O) groups excluding carboxylic acids is 1. The third-order valence-electron chi connectivity index (χ3n) is 3.84. The zero-order valence-corrected chi connectivity index (χ0v) is 14.1. The monoisotopic (exact) mass is 343 g/mol. The van der Waals surface area contributed by atoms with Crippen molar-refractivity contribution in [3.05, 3.63) is 70.6 Å². The van der Waals surface area contributed by atoms with Crippen LogP contribution in [0.25, 0.3) is 5.65 Å². The summed E-state index contributed by atoms with van der Waals surface area (Å²) in [4.78, 5) is 19.1. The number of aromatic nitrogens is 2. The first kappa shape index (κ1) is 16.5. The minimum atomic E-state index is -0.166. The number of rotatable bonds is 5. The Morgan fingerprint density at radius 1 is 1.29 bits per heavy atom. The van der Waals surface area contributed by atoms with Crippen molar-refractivity contribution >= 4 is 23.2 Å². The molecule has 0 aliphatic rings. The Kier molecular flexibility index (Phi) is 4.83. The lowest BCUT2D eigenvalue weighted by atomic mass is 10.2. The molecule has 3 rings (SSSR count). The lowest BCUT2D eigenvalue weighted by Gasteiger charge is -2.22. The van der Waals surface area contributed by atoms with Crippen LogP contribution in [-0.4, -0.2) is 38.4 Å². The summed E-state index contributed by atoms with van der Waals surface area (Å²) in [7, 11) is 0. The van der Waals surface area contributed by atoms with Crippen LogP contribution in [0.4, 0.5) is 0 Å². The average molecular weight is 344 g/mol. The van der Waals surface area contributed by atoms with E-state index in [-0.39, 0.29) is 19.1 Å². The van der Waals surface area contributed by atoms with E-state index in [0.29, 0.717) is 28.6 Å². The highest BCUT2D eigenvalue weighted by Crippen LogP contribution is 2.19. The first-order valence-electron chi connectivity index (χ1n) is 7.68. The normalized spacial score (nSPS) is 11.0. The standard InChI is InChI=1S/C18H18ClN3O2/c1-13-17(22-8-7-15(19)11-16(22)20-13)18(24)21(9-10-23)12-14-5-3-2-4-6-14/h2-8,11,23H,9-10,12H2,1H3. The van der Waals surface area contributed by atoms with Crippen LogP contribution in [0.15, 0.2) is 48.7 Å². The molecule has 124 valence electrons. The van der Waals surface area contributed by atoms with Crippen molar-refractivity contribution in [2.75, 3.05) is 13.2 Å². The number of carbonyl (C=O) groups is 1. The number of halogens is 1. The van der Waals surface area contributed by atoms with Gasteiger partial charge in [-0.05, 0) is 18.6 Å². The van der Waals surface area contributed by atoms with Gasteiger partial charge in [0.15, 0.2) is 0 Å². The van der Waals surface area contributed by atoms with E-state index in [0.717, 1.165) is 5.56 Å². The van der Waals surface area contributed by atoms with Gasteiger partial charge in [0.05, 0.1) is 12.3 Å². The Labute approximate surface area is 145 Å². The molecule has 5 nitrogen and oxygen atoms in total. The van der Waals surface area contributed by atoms with E-state index in [1.807, 2.05) is 30.3 Å². The maximum atomic E-state index is 13.0. The van der Waals surface area contributed by atoms with Gasteiger partial charge in [0, 0.05) is 30.4 Å². The number of pyridine rings is 1. The van der Waals surface area contributed by atoms with Gasteiger partial charge in [-0.15, -0.1) is 0 Å². The van der Waals surface area contributed by atoms with Crippen LogP contribution in [0.1, 0.15) is 21.7 Å². The fourth-order valence-electron chi connectivity index (χ4n) is 2.72. The summed E-state index contributed by atoms with van der Waals surface area (Å²) in [5, 5.41) is 9.92. The second-order valence-corrected chi connectivity index (χ2v) is 5.99. The fourth-order valence-corrected chi connectivity index (χ4v) is 2.88. The highest BCUT2D eigenvalue weighted by Gasteiger charge is 2.22. The third kappa shape index (κ3) is 3.27. The SMILES string of the molecule is Cc1nc2cc(Cl)ccn2c1C(=O)N(CCO)Cc1ccccc1. The van der Waals surface area contributed by atoms with Gasteiger partial charge in [0.2, 0.25) is 0 Å². The van der Waals surface area contributed by atoms with Crippen molar-refractivity contribution in [3.8, 4) is 0 Å². The molecule has 1 N–H and O–H groups in total. The molecule has 2 aromatic heterocycles. The van der Waals surface area contributed by atoms with Crippen molar-refractivity contribution in [2.45, 2.75) is 13.5 Å². The van der Waals surface area contributed by atoms with Crippen molar-refractivity contribution < 1.29 is 9.90 Å². The van der Waals surface area contributed by atoms with Gasteiger partial charge < -0.3 is 10.0 Å². The second-order valence-electron chi connectivity index (χ2n) is 5.55. The number of hydrogen-bond acceptors (Lipinski definition) is 3. The molecular weight excluding hydrogens is 326 g/mol. The molecule has 0 atom stereocenters. The molecule has 0 unspecified atom stereocenters. The van der Waals surface area contributed by atoms with Gasteiger partial charge in [-0.2, -0.15) is 0 Å². The maximum Gasteiger partial charge on any atom is 0.273 e. The number of amides is 1. The van der Waals surface area contributed by atoms with Gasteiger partial charge in [-0.25, -0.2) is 4.98 Å². The van der Waals surface area contributed by atoms with Gasteiger partial charge in [-0.1, -0.05) is 41.9 Å². The quantitative estimate of drug-likeness (QED) is 0.775. The Hall–Kier alpha value is -2.37. The van der Waals surface area contributed by atoms with E-state index in [1.54, 1.807) is 34.6 Å². The number of aliphatic hydroxyl groups is 1. The molecule has 6 heteroatoms. The molecule has 0 bridgehead atoms. The molecule has 0 aliphatic carbocycles. The minimum absolute atomic E-state index is 0.0970. The van der Waals surface area contributed by atoms with Crippen LogP contribution in [0, 0.1) is 6.92 Å². The van der Waals surface area contributed by atoms with Crippen LogP contribution < -0.4 is 0 Å². The molecule has 24 heavy (non-hydrogen) atoms. The highest BCUT2D eigenvalue weighted by atomic mass is 35.5. The summed E-state index contributed by atoms with van der Waals surface area (Å²) < 4.78 is 1.74. The Morgan fingerprint density at radius 3 is 2.75 bits per heavy atom. The first-order chi connectivity index (χ1) is 11.6. The lowest BCUT2D eigenvalue weighted by molar-refractivity contribution is 0.0700. The van der Waals surface area contributed by atoms with Gasteiger partial charge in [0.1, 0.15) is 11.3 Å². The Balaban J connectivity index is 1.97. The maximum absolute atomic E-state index is 13.0. The largest absolute Gasteiger partial charge is 0.395 e. The average Bonchev–Trinajstić information content (AvgIpc) is 2.89. The smallest absolute Gasteiger partial charge is 0.273 e. The van der Waals surface area contributed by atoms with Crippen molar-refractivity contribution in [2.24, 2.45) is 0 Å². The zero-order chi connectivity index (χ0) is 17.1. The molecule has 0 saturated carbocycles. The van der Waals surface area contributed by atoms with Crippen LogP contribution in [-0.2, 0) is 6.54 Å². The van der Waals surface area contributed by atoms with E-state index in [4.69, 9.17) is 11.6 Å². The van der Waals surface area contributed by atoms with Crippen LogP contribution in [0.2, 0.25) is 5.02 Å². The van der Waals surface area contributed by atoms with E-state index < -0.39 is 0 Å². The lowest BCUT2D eigenvalue weighted by Crippen LogP contribution is -2.34. The predicted octanol–water partition coefficient (Wildman–Crippen LogP) is 2.93. The minimum Gasteiger partial charge on any atom is -0.395 e. The number of aliphatic hydroxyl groups excluding tert-OH is 1. The highest BCUT2D eigenvalue weighted by molar-refractivity contribution is 6.30. The predicted molar refractivity (Wildman–Crippen MR) is 93.2 cm³/mol. The third-order valence-corrected chi connectivity index (χ3v) is 4.07. The molecule has 0 radical (unpaired) electrons. The summed E-state index contributed by atoms with van der Waals surface area (Å²) in [5.41, 5.74) is 2.77.